The van der Waals surface area contributed by atoms with Crippen molar-refractivity contribution < 1.29 is 9.15 Å². The van der Waals surface area contributed by atoms with E-state index in [-0.39, 0.29) is 0 Å². The Hall–Kier alpha value is -1.10. The van der Waals surface area contributed by atoms with Crippen LogP contribution in [0.5, 0.6) is 0 Å². The first-order chi connectivity index (χ1) is 8.29. The fourth-order valence-electron chi connectivity index (χ4n) is 1.58. The van der Waals surface area contributed by atoms with Crippen LogP contribution in [0.4, 0.5) is 0 Å². The lowest BCUT2D eigenvalue weighted by molar-refractivity contribution is 0.106. The van der Waals surface area contributed by atoms with E-state index in [0.29, 0.717) is 19.8 Å². The highest BCUT2D eigenvalue weighted by atomic mass is 79.9. The van der Waals surface area contributed by atoms with Crippen LogP contribution < -0.4 is 5.73 Å². The quantitative estimate of drug-likeness (QED) is 0.921. The van der Waals surface area contributed by atoms with Crippen molar-refractivity contribution in [2.75, 3.05) is 0 Å². The maximum absolute atomic E-state index is 5.63. The van der Waals surface area contributed by atoms with Crippen LogP contribution in [0, 0.1) is 0 Å². The smallest absolute Gasteiger partial charge is 0.122 e. The van der Waals surface area contributed by atoms with Crippen LogP contribution in [-0.4, -0.2) is 0 Å². The number of nitrogens with two attached hydrogens (primary N) is 1. The van der Waals surface area contributed by atoms with Gasteiger partial charge in [-0.2, -0.15) is 0 Å². The maximum Gasteiger partial charge on any atom is 0.122 e. The molecule has 0 aliphatic heterocycles. The van der Waals surface area contributed by atoms with E-state index in [1.165, 1.54) is 0 Å². The minimum absolute atomic E-state index is 0.405. The third kappa shape index (κ3) is 3.43. The van der Waals surface area contributed by atoms with Crippen molar-refractivity contribution in [1.82, 2.24) is 0 Å². The highest BCUT2D eigenvalue weighted by Crippen LogP contribution is 2.15. The minimum Gasteiger partial charge on any atom is -0.468 e. The zero-order valence-electron chi connectivity index (χ0n) is 9.36. The molecule has 4 heteroatoms. The highest BCUT2D eigenvalue weighted by Gasteiger charge is 2.04. The Labute approximate surface area is 109 Å². The fraction of sp³-hybridized carbons (Fsp3) is 0.231. The van der Waals surface area contributed by atoms with E-state index in [9.17, 15) is 0 Å². The second-order valence-corrected chi connectivity index (χ2v) is 4.61. The molecule has 2 rings (SSSR count). The van der Waals surface area contributed by atoms with E-state index in [4.69, 9.17) is 14.9 Å². The van der Waals surface area contributed by atoms with Crippen molar-refractivity contribution in [3.8, 4) is 0 Å². The van der Waals surface area contributed by atoms with Gasteiger partial charge < -0.3 is 14.9 Å². The van der Waals surface area contributed by atoms with E-state index < -0.39 is 0 Å². The second kappa shape index (κ2) is 6.00. The third-order valence-corrected chi connectivity index (χ3v) is 2.93. The molecule has 1 heterocycles. The molecule has 1 aromatic carbocycles. The summed E-state index contributed by atoms with van der Waals surface area (Å²) in [4.78, 5) is 0. The first-order valence-electron chi connectivity index (χ1n) is 5.37. The summed E-state index contributed by atoms with van der Waals surface area (Å²) < 4.78 is 11.9. The Morgan fingerprint density at radius 1 is 1.24 bits per heavy atom. The van der Waals surface area contributed by atoms with Crippen LogP contribution in [-0.2, 0) is 24.5 Å². The highest BCUT2D eigenvalue weighted by molar-refractivity contribution is 9.10. The molecular formula is C13H14BrNO2. The molecule has 3 nitrogen and oxygen atoms in total. The van der Waals surface area contributed by atoms with Gasteiger partial charge in [0, 0.05) is 10.0 Å². The molecule has 0 saturated carbocycles. The zero-order chi connectivity index (χ0) is 12.1. The van der Waals surface area contributed by atoms with E-state index in [1.807, 2.05) is 30.3 Å². The van der Waals surface area contributed by atoms with Gasteiger partial charge in [-0.15, -0.1) is 0 Å². The van der Waals surface area contributed by atoms with Crippen LogP contribution >= 0.6 is 15.9 Å². The number of furan rings is 1. The van der Waals surface area contributed by atoms with Crippen molar-refractivity contribution >= 4 is 15.9 Å². The predicted molar refractivity (Wildman–Crippen MR) is 69.2 cm³/mol. The number of hydrogen-bond donors (Lipinski definition) is 1. The standard InChI is InChI=1S/C13H14BrNO2/c14-12-3-1-2-10(6-12)8-16-9-11-4-5-17-13(11)7-15/h1-6H,7-9,15H2. The van der Waals surface area contributed by atoms with E-state index in [1.54, 1.807) is 6.26 Å². The molecule has 17 heavy (non-hydrogen) atoms. The molecular weight excluding hydrogens is 282 g/mol. The van der Waals surface area contributed by atoms with Gasteiger partial charge in [-0.1, -0.05) is 28.1 Å². The summed E-state index contributed by atoms with van der Waals surface area (Å²) >= 11 is 3.43. The molecule has 0 bridgehead atoms. The number of hydrogen-bond acceptors (Lipinski definition) is 3. The van der Waals surface area contributed by atoms with E-state index in [2.05, 4.69) is 15.9 Å². The minimum atomic E-state index is 0.405. The van der Waals surface area contributed by atoms with Crippen molar-refractivity contribution in [3.63, 3.8) is 0 Å². The van der Waals surface area contributed by atoms with Gasteiger partial charge in [0.05, 0.1) is 26.0 Å². The molecule has 0 spiro atoms. The molecule has 90 valence electrons. The molecule has 0 fully saturated rings. The molecule has 0 radical (unpaired) electrons. The average Bonchev–Trinajstić information content (AvgIpc) is 2.77. The van der Waals surface area contributed by atoms with E-state index >= 15 is 0 Å². The molecule has 0 aliphatic carbocycles. The Balaban J connectivity index is 1.87. The summed E-state index contributed by atoms with van der Waals surface area (Å²) in [7, 11) is 0. The molecule has 2 aromatic rings. The lowest BCUT2D eigenvalue weighted by Crippen LogP contribution is -2.00. The predicted octanol–water partition coefficient (Wildman–Crippen LogP) is 3.22. The topological polar surface area (TPSA) is 48.4 Å². The third-order valence-electron chi connectivity index (χ3n) is 2.44. The lowest BCUT2D eigenvalue weighted by Gasteiger charge is -2.04. The zero-order valence-corrected chi connectivity index (χ0v) is 10.9. The van der Waals surface area contributed by atoms with Crippen LogP contribution in [0.25, 0.3) is 0 Å². The number of ether oxygens (including phenoxy) is 1. The fourth-order valence-corrected chi connectivity index (χ4v) is 2.03. The van der Waals surface area contributed by atoms with Crippen molar-refractivity contribution in [2.24, 2.45) is 5.73 Å². The summed E-state index contributed by atoms with van der Waals surface area (Å²) in [5.41, 5.74) is 7.69. The normalized spacial score (nSPS) is 10.7. The average molecular weight is 296 g/mol. The van der Waals surface area contributed by atoms with Crippen LogP contribution in [0.3, 0.4) is 0 Å². The van der Waals surface area contributed by atoms with Gasteiger partial charge in [-0.3, -0.25) is 0 Å². The van der Waals surface area contributed by atoms with Gasteiger partial charge in [-0.05, 0) is 23.8 Å². The van der Waals surface area contributed by atoms with Gasteiger partial charge in [0.2, 0.25) is 0 Å². The van der Waals surface area contributed by atoms with Gasteiger partial charge in [0.25, 0.3) is 0 Å². The Bertz CT molecular complexity index is 482. The Morgan fingerprint density at radius 2 is 2.12 bits per heavy atom. The van der Waals surface area contributed by atoms with Crippen molar-refractivity contribution in [3.05, 3.63) is 58.0 Å². The van der Waals surface area contributed by atoms with Crippen molar-refractivity contribution in [2.45, 2.75) is 19.8 Å². The molecule has 0 unspecified atom stereocenters. The van der Waals surface area contributed by atoms with Gasteiger partial charge in [0.1, 0.15) is 5.76 Å². The molecule has 1 aromatic heterocycles. The molecule has 0 saturated heterocycles. The van der Waals surface area contributed by atoms with Gasteiger partial charge in [0.15, 0.2) is 0 Å². The molecule has 0 atom stereocenters. The summed E-state index contributed by atoms with van der Waals surface area (Å²) in [5, 5.41) is 0. The van der Waals surface area contributed by atoms with Crippen LogP contribution in [0.15, 0.2) is 45.5 Å². The van der Waals surface area contributed by atoms with E-state index in [0.717, 1.165) is 21.4 Å². The Morgan fingerprint density at radius 3 is 2.88 bits per heavy atom. The summed E-state index contributed by atoms with van der Waals surface area (Å²) in [5.74, 6) is 0.791. The number of rotatable bonds is 5. The van der Waals surface area contributed by atoms with Crippen molar-refractivity contribution in [1.29, 1.82) is 0 Å². The monoisotopic (exact) mass is 295 g/mol. The van der Waals surface area contributed by atoms with Crippen LogP contribution in [0.1, 0.15) is 16.9 Å². The Kier molecular flexibility index (Phi) is 4.36. The summed E-state index contributed by atoms with van der Waals surface area (Å²) in [6, 6.07) is 9.95. The second-order valence-electron chi connectivity index (χ2n) is 3.70. The summed E-state index contributed by atoms with van der Waals surface area (Å²) in [6.45, 7) is 1.51. The SMILES string of the molecule is NCc1occc1COCc1cccc(Br)c1. The molecule has 0 amide bonds. The lowest BCUT2D eigenvalue weighted by atomic mass is 10.2. The van der Waals surface area contributed by atoms with Gasteiger partial charge in [-0.25, -0.2) is 0 Å². The number of benzene rings is 1. The molecule has 2 N–H and O–H groups in total. The number of halogens is 1. The first kappa shape index (κ1) is 12.4. The molecule has 0 aliphatic rings. The maximum atomic E-state index is 5.63. The summed E-state index contributed by atoms with van der Waals surface area (Å²) in [6.07, 6.45) is 1.64. The van der Waals surface area contributed by atoms with Crippen LogP contribution in [0.2, 0.25) is 0 Å². The largest absolute Gasteiger partial charge is 0.468 e. The first-order valence-corrected chi connectivity index (χ1v) is 6.16. The van der Waals surface area contributed by atoms with Gasteiger partial charge >= 0.3 is 0 Å².